The van der Waals surface area contributed by atoms with Gasteiger partial charge in [0.2, 0.25) is 5.91 Å². The van der Waals surface area contributed by atoms with Crippen molar-refractivity contribution in [2.75, 3.05) is 17.6 Å². The number of allylic oxidation sites excluding steroid dienone is 1. The Morgan fingerprint density at radius 1 is 0.955 bits per heavy atom. The average Bonchev–Trinajstić information content (AvgIpc) is 3.00. The van der Waals surface area contributed by atoms with Gasteiger partial charge in [-0.3, -0.25) is 9.59 Å². The quantitative estimate of drug-likeness (QED) is 0.114. The molecule has 0 bridgehead atoms. The SMILES string of the molecule is CC(C)(C)/C=C/c1ccc(C(Cc2ccc(C(=O)NCCSO)cc2)C(=O)Nc2ccc(-c3ccc(F)cc3Cl)cc2)cc1. The van der Waals surface area contributed by atoms with Crippen molar-refractivity contribution in [3.05, 3.63) is 130 Å². The first-order valence-corrected chi connectivity index (χ1v) is 15.6. The second kappa shape index (κ2) is 15.2. The normalized spacial score (nSPS) is 12.2. The van der Waals surface area contributed by atoms with Gasteiger partial charge in [-0.15, -0.1) is 0 Å². The third-order valence-corrected chi connectivity index (χ3v) is 7.66. The van der Waals surface area contributed by atoms with Crippen molar-refractivity contribution in [2.24, 2.45) is 5.41 Å². The molecule has 0 spiro atoms. The summed E-state index contributed by atoms with van der Waals surface area (Å²) < 4.78 is 22.4. The molecule has 0 aliphatic rings. The van der Waals surface area contributed by atoms with Crippen LogP contribution in [-0.4, -0.2) is 28.7 Å². The zero-order valence-corrected chi connectivity index (χ0v) is 26.5. The Kier molecular flexibility index (Phi) is 11.4. The minimum absolute atomic E-state index is 0.0551. The van der Waals surface area contributed by atoms with Crippen LogP contribution < -0.4 is 10.6 Å². The summed E-state index contributed by atoms with van der Waals surface area (Å²) in [6.07, 6.45) is 4.65. The Balaban J connectivity index is 1.55. The maximum atomic E-state index is 13.8. The largest absolute Gasteiger partial charge is 0.351 e. The minimum atomic E-state index is -0.497. The molecule has 4 aromatic carbocycles. The van der Waals surface area contributed by atoms with E-state index in [0.29, 0.717) is 52.6 Å². The number of hydrogen-bond donors (Lipinski definition) is 3. The van der Waals surface area contributed by atoms with E-state index in [1.807, 2.05) is 48.5 Å². The second-order valence-electron chi connectivity index (χ2n) is 11.6. The molecule has 4 rings (SSSR count). The van der Waals surface area contributed by atoms with Crippen LogP contribution in [0.25, 0.3) is 17.2 Å². The molecule has 3 N–H and O–H groups in total. The summed E-state index contributed by atoms with van der Waals surface area (Å²) in [5, 5.41) is 6.13. The monoisotopic (exact) mass is 630 g/mol. The highest BCUT2D eigenvalue weighted by Gasteiger charge is 2.22. The topological polar surface area (TPSA) is 78.4 Å². The smallest absolute Gasteiger partial charge is 0.251 e. The van der Waals surface area contributed by atoms with Crippen molar-refractivity contribution in [3.8, 4) is 11.1 Å². The molecule has 0 heterocycles. The second-order valence-corrected chi connectivity index (χ2v) is 12.7. The number of benzene rings is 4. The van der Waals surface area contributed by atoms with Gasteiger partial charge in [-0.05, 0) is 88.6 Å². The molecule has 5 nitrogen and oxygen atoms in total. The Hall–Kier alpha value is -3.91. The maximum absolute atomic E-state index is 13.8. The van der Waals surface area contributed by atoms with E-state index in [4.69, 9.17) is 16.2 Å². The first-order valence-electron chi connectivity index (χ1n) is 14.3. The number of carbonyl (C=O) groups is 2. The number of halogens is 2. The van der Waals surface area contributed by atoms with Crippen molar-refractivity contribution >= 4 is 47.2 Å². The van der Waals surface area contributed by atoms with Gasteiger partial charge in [0.05, 0.1) is 10.9 Å². The van der Waals surface area contributed by atoms with E-state index in [2.05, 4.69) is 43.6 Å². The van der Waals surface area contributed by atoms with Gasteiger partial charge in [0.15, 0.2) is 0 Å². The minimum Gasteiger partial charge on any atom is -0.351 e. The van der Waals surface area contributed by atoms with Gasteiger partial charge >= 0.3 is 0 Å². The fourth-order valence-corrected chi connectivity index (χ4v) is 5.04. The number of carbonyl (C=O) groups excluding carboxylic acids is 2. The lowest BCUT2D eigenvalue weighted by molar-refractivity contribution is -0.117. The molecule has 0 aliphatic heterocycles. The van der Waals surface area contributed by atoms with E-state index in [9.17, 15) is 14.0 Å². The summed E-state index contributed by atoms with van der Waals surface area (Å²) in [6, 6.07) is 26.7. The molecule has 0 fully saturated rings. The summed E-state index contributed by atoms with van der Waals surface area (Å²) in [4.78, 5) is 26.1. The molecule has 228 valence electrons. The number of nitrogens with one attached hydrogen (secondary N) is 2. The van der Waals surface area contributed by atoms with Crippen LogP contribution >= 0.6 is 23.6 Å². The first-order chi connectivity index (χ1) is 21.0. The molecule has 0 aromatic heterocycles. The van der Waals surface area contributed by atoms with Gasteiger partial charge in [-0.2, -0.15) is 0 Å². The molecule has 44 heavy (non-hydrogen) atoms. The van der Waals surface area contributed by atoms with Crippen LogP contribution in [0.2, 0.25) is 5.02 Å². The zero-order valence-electron chi connectivity index (χ0n) is 24.9. The van der Waals surface area contributed by atoms with Gasteiger partial charge in [-0.1, -0.05) is 93.1 Å². The van der Waals surface area contributed by atoms with Crippen LogP contribution in [0.15, 0.2) is 97.1 Å². The predicted molar refractivity (Wildman–Crippen MR) is 181 cm³/mol. The van der Waals surface area contributed by atoms with E-state index in [1.165, 1.54) is 12.1 Å². The van der Waals surface area contributed by atoms with Crippen LogP contribution in [0.5, 0.6) is 0 Å². The van der Waals surface area contributed by atoms with Crippen LogP contribution in [0.1, 0.15) is 53.7 Å². The summed E-state index contributed by atoms with van der Waals surface area (Å²) in [5.41, 5.74) is 5.52. The van der Waals surface area contributed by atoms with Gasteiger partial charge in [0.1, 0.15) is 5.82 Å². The third-order valence-electron chi connectivity index (χ3n) is 6.96. The molecular weight excluding hydrogens is 595 g/mol. The first kappa shape index (κ1) is 33.0. The Bertz CT molecular complexity index is 1600. The van der Waals surface area contributed by atoms with Gasteiger partial charge in [-0.25, -0.2) is 4.39 Å². The number of anilines is 1. The van der Waals surface area contributed by atoms with Crippen molar-refractivity contribution < 1.29 is 18.5 Å². The van der Waals surface area contributed by atoms with Crippen LogP contribution in [0.4, 0.5) is 10.1 Å². The molecule has 4 aromatic rings. The highest BCUT2D eigenvalue weighted by Crippen LogP contribution is 2.30. The van der Waals surface area contributed by atoms with E-state index in [0.717, 1.165) is 22.3 Å². The standard InChI is InChI=1S/C36H36ClFN2O3S/c1-36(2,3)19-18-24-4-8-27(9-5-24)32(22-25-6-10-28(11-7-25)34(41)39-20-21-44-43)35(42)40-30-15-12-26(13-16-30)31-17-14-29(38)23-33(31)37/h4-19,23,32,43H,20-22H2,1-3H3,(H,39,41)(H,40,42)/b19-18+. The van der Waals surface area contributed by atoms with E-state index in [-0.39, 0.29) is 17.2 Å². The lowest BCUT2D eigenvalue weighted by Crippen LogP contribution is -2.25. The Morgan fingerprint density at radius 3 is 2.25 bits per heavy atom. The molecule has 8 heteroatoms. The van der Waals surface area contributed by atoms with Crippen molar-refractivity contribution in [1.82, 2.24) is 5.32 Å². The van der Waals surface area contributed by atoms with Crippen molar-refractivity contribution in [3.63, 3.8) is 0 Å². The average molecular weight is 631 g/mol. The molecule has 0 aliphatic carbocycles. The van der Waals surface area contributed by atoms with Gasteiger partial charge in [0, 0.05) is 29.1 Å². The third kappa shape index (κ3) is 9.55. The molecule has 0 saturated heterocycles. The maximum Gasteiger partial charge on any atom is 0.251 e. The van der Waals surface area contributed by atoms with Crippen molar-refractivity contribution in [1.29, 1.82) is 0 Å². The Labute approximate surface area is 267 Å². The zero-order chi connectivity index (χ0) is 31.7. The van der Waals surface area contributed by atoms with E-state index < -0.39 is 11.7 Å². The molecule has 1 atom stereocenters. The lowest BCUT2D eigenvalue weighted by atomic mass is 9.89. The number of amides is 2. The molecule has 1 unspecified atom stereocenters. The van der Waals surface area contributed by atoms with Gasteiger partial charge in [0.25, 0.3) is 5.91 Å². The van der Waals surface area contributed by atoms with Gasteiger partial charge < -0.3 is 15.2 Å². The fraction of sp³-hybridized carbons (Fsp3) is 0.222. The molecular formula is C36H36ClFN2O3S. The highest BCUT2D eigenvalue weighted by molar-refractivity contribution is 7.93. The van der Waals surface area contributed by atoms with Crippen LogP contribution in [0.3, 0.4) is 0 Å². The van der Waals surface area contributed by atoms with E-state index in [1.54, 1.807) is 30.3 Å². The molecule has 2 amide bonds. The summed E-state index contributed by atoms with van der Waals surface area (Å²) in [7, 11) is 0. The summed E-state index contributed by atoms with van der Waals surface area (Å²) in [5.74, 6) is -0.873. The Morgan fingerprint density at radius 2 is 1.64 bits per heavy atom. The molecule has 0 saturated carbocycles. The summed E-state index contributed by atoms with van der Waals surface area (Å²) >= 11 is 6.92. The highest BCUT2D eigenvalue weighted by atomic mass is 35.5. The van der Waals surface area contributed by atoms with Crippen LogP contribution in [0, 0.1) is 11.2 Å². The fourth-order valence-electron chi connectivity index (χ4n) is 4.57. The summed E-state index contributed by atoms with van der Waals surface area (Å²) in [6.45, 7) is 6.79. The van der Waals surface area contributed by atoms with Crippen LogP contribution in [-0.2, 0) is 11.2 Å². The predicted octanol–water partition coefficient (Wildman–Crippen LogP) is 9.11. The number of hydrogen-bond acceptors (Lipinski definition) is 4. The number of rotatable bonds is 11. The molecule has 0 radical (unpaired) electrons. The lowest BCUT2D eigenvalue weighted by Gasteiger charge is -2.19. The van der Waals surface area contributed by atoms with Crippen molar-refractivity contribution in [2.45, 2.75) is 33.1 Å². The van der Waals surface area contributed by atoms with E-state index >= 15 is 0 Å².